The number of rotatable bonds is 4. The lowest BCUT2D eigenvalue weighted by Crippen LogP contribution is -2.54. The largest absolute Gasteiger partial charge is 0.461 e. The van der Waals surface area contributed by atoms with Crippen LogP contribution in [0.25, 0.3) is 0 Å². The lowest BCUT2D eigenvalue weighted by Gasteiger charge is -2.35. The highest BCUT2D eigenvalue weighted by atomic mass is 16.7. The third-order valence-corrected chi connectivity index (χ3v) is 4.69. The van der Waals surface area contributed by atoms with Gasteiger partial charge >= 0.3 is 0 Å². The summed E-state index contributed by atoms with van der Waals surface area (Å²) in [5.41, 5.74) is 2.73. The maximum absolute atomic E-state index is 12.7. The molecule has 0 unspecified atom stereocenters. The third kappa shape index (κ3) is 3.91. The highest BCUT2D eigenvalue weighted by Crippen LogP contribution is 2.29. The van der Waals surface area contributed by atoms with Crippen molar-refractivity contribution < 1.29 is 29.6 Å². The van der Waals surface area contributed by atoms with Gasteiger partial charge in [0.2, 0.25) is 6.29 Å². The summed E-state index contributed by atoms with van der Waals surface area (Å²) in [6.45, 7) is 3.37. The molecule has 1 heterocycles. The van der Waals surface area contributed by atoms with Crippen molar-refractivity contribution in [1.82, 2.24) is 0 Å². The molecule has 0 aromatic heterocycles. The zero-order valence-corrected chi connectivity index (χ0v) is 15.5. The van der Waals surface area contributed by atoms with Crippen molar-refractivity contribution in [3.8, 4) is 11.8 Å². The van der Waals surface area contributed by atoms with Crippen molar-refractivity contribution in [2.24, 2.45) is 0 Å². The van der Waals surface area contributed by atoms with Crippen LogP contribution in [0.5, 0.6) is 5.75 Å². The van der Waals surface area contributed by atoms with E-state index in [1.54, 1.807) is 50.2 Å². The lowest BCUT2D eigenvalue weighted by molar-refractivity contribution is -0.242. The zero-order chi connectivity index (χ0) is 20.4. The van der Waals surface area contributed by atoms with Crippen LogP contribution in [0.2, 0.25) is 0 Å². The van der Waals surface area contributed by atoms with Gasteiger partial charge in [-0.3, -0.25) is 4.79 Å². The van der Waals surface area contributed by atoms with Crippen LogP contribution in [0.3, 0.4) is 0 Å². The zero-order valence-electron chi connectivity index (χ0n) is 15.5. The molecule has 1 aliphatic rings. The maximum Gasteiger partial charge on any atom is 0.228 e. The van der Waals surface area contributed by atoms with Crippen molar-refractivity contribution >= 4 is 5.78 Å². The number of aliphatic hydroxyl groups excluding tert-OH is 3. The summed E-state index contributed by atoms with van der Waals surface area (Å²) in [5, 5.41) is 38.2. The van der Waals surface area contributed by atoms with E-state index in [-0.39, 0.29) is 12.4 Å². The molecule has 3 rings (SSSR count). The van der Waals surface area contributed by atoms with Crippen LogP contribution in [-0.2, 0) is 4.74 Å². The van der Waals surface area contributed by atoms with E-state index < -0.39 is 24.6 Å². The van der Waals surface area contributed by atoms with Crippen LogP contribution in [0, 0.1) is 25.2 Å². The van der Waals surface area contributed by atoms with Crippen LogP contribution < -0.4 is 4.74 Å². The van der Waals surface area contributed by atoms with Gasteiger partial charge in [0.25, 0.3) is 0 Å². The molecule has 2 aromatic rings. The molecule has 7 nitrogen and oxygen atoms in total. The number of carbonyl (C=O) groups excluding carboxylic acids is 1. The van der Waals surface area contributed by atoms with Crippen LogP contribution in [-0.4, -0.2) is 52.3 Å². The van der Waals surface area contributed by atoms with Crippen molar-refractivity contribution in [2.75, 3.05) is 6.61 Å². The molecule has 146 valence electrons. The number of aryl methyl sites for hydroxylation is 2. The quantitative estimate of drug-likeness (QED) is 0.679. The van der Waals surface area contributed by atoms with Crippen molar-refractivity contribution in [2.45, 2.75) is 38.4 Å². The molecule has 0 saturated carbocycles. The number of hydrogen-bond acceptors (Lipinski definition) is 7. The number of nitrogens with zero attached hydrogens (tertiary/aromatic N) is 1. The van der Waals surface area contributed by atoms with E-state index in [0.717, 1.165) is 0 Å². The van der Waals surface area contributed by atoms with E-state index in [2.05, 4.69) is 0 Å². The number of ether oxygens (including phenoxy) is 2. The summed E-state index contributed by atoms with van der Waals surface area (Å²) in [6.07, 6.45) is -5.07. The summed E-state index contributed by atoms with van der Waals surface area (Å²) in [5.74, 6) is 0.249. The topological polar surface area (TPSA) is 120 Å². The van der Waals surface area contributed by atoms with Gasteiger partial charge in [0.1, 0.15) is 24.1 Å². The van der Waals surface area contributed by atoms with Crippen molar-refractivity contribution in [3.63, 3.8) is 0 Å². The molecular weight excluding hydrogens is 362 g/mol. The summed E-state index contributed by atoms with van der Waals surface area (Å²) in [6, 6.07) is 11.7. The highest BCUT2D eigenvalue weighted by molar-refractivity contribution is 6.09. The second-order valence-electron chi connectivity index (χ2n) is 6.83. The Morgan fingerprint density at radius 2 is 1.68 bits per heavy atom. The second kappa shape index (κ2) is 8.09. The fourth-order valence-corrected chi connectivity index (χ4v) is 3.13. The average Bonchev–Trinajstić information content (AvgIpc) is 2.69. The molecule has 3 N–H and O–H groups in total. The van der Waals surface area contributed by atoms with E-state index in [1.165, 1.54) is 0 Å². The van der Waals surface area contributed by atoms with E-state index in [9.17, 15) is 20.1 Å². The second-order valence-corrected chi connectivity index (χ2v) is 6.83. The highest BCUT2D eigenvalue weighted by Gasteiger charge is 2.39. The molecule has 7 heteroatoms. The van der Waals surface area contributed by atoms with Gasteiger partial charge in [-0.25, -0.2) is 0 Å². The van der Waals surface area contributed by atoms with Gasteiger partial charge in [0.05, 0.1) is 18.2 Å². The Morgan fingerprint density at radius 1 is 1.07 bits per heavy atom. The Balaban J connectivity index is 1.82. The first kappa shape index (κ1) is 20.0. The predicted octanol–water partition coefficient (Wildman–Crippen LogP) is 1.22. The Hall–Kier alpha value is -2.76. The molecule has 1 aliphatic heterocycles. The molecule has 1 fully saturated rings. The Kier molecular flexibility index (Phi) is 5.77. The summed E-state index contributed by atoms with van der Waals surface area (Å²) < 4.78 is 11.0. The first-order valence-electron chi connectivity index (χ1n) is 8.80. The Labute approximate surface area is 162 Å². The van der Waals surface area contributed by atoms with E-state index in [4.69, 9.17) is 14.7 Å². The first-order valence-corrected chi connectivity index (χ1v) is 8.80. The van der Waals surface area contributed by atoms with Gasteiger partial charge in [-0.05, 0) is 61.4 Å². The number of nitriles is 1. The Bertz CT molecular complexity index is 894. The molecule has 0 bridgehead atoms. The Morgan fingerprint density at radius 3 is 2.25 bits per heavy atom. The first-order chi connectivity index (χ1) is 13.3. The fraction of sp³-hybridized carbons (Fsp3) is 0.333. The van der Waals surface area contributed by atoms with Gasteiger partial charge in [-0.2, -0.15) is 5.26 Å². The monoisotopic (exact) mass is 383 g/mol. The van der Waals surface area contributed by atoms with Gasteiger partial charge in [-0.1, -0.05) is 0 Å². The third-order valence-electron chi connectivity index (χ3n) is 4.69. The van der Waals surface area contributed by atoms with Crippen LogP contribution in [0.4, 0.5) is 0 Å². The normalized spacial score (nSPS) is 24.4. The average molecular weight is 383 g/mol. The molecule has 0 radical (unpaired) electrons. The summed E-state index contributed by atoms with van der Waals surface area (Å²) >= 11 is 0. The minimum atomic E-state index is -1.40. The summed E-state index contributed by atoms with van der Waals surface area (Å²) in [4.78, 5) is 12.7. The van der Waals surface area contributed by atoms with Gasteiger partial charge < -0.3 is 24.8 Å². The maximum atomic E-state index is 12.7. The standard InChI is InChI=1S/C21H21NO6/c1-11-7-15(17(24)14-5-3-13(9-22)4-6-14)8-12(2)20(11)28-21-19(26)18(25)16(23)10-27-21/h3-8,16,18-19,21,23,25-26H,10H2,1-2H3/t16-,18-,19-,21-/m1/s1. The molecule has 0 aliphatic carbocycles. The van der Waals surface area contributed by atoms with Gasteiger partial charge in [-0.15, -0.1) is 0 Å². The van der Waals surface area contributed by atoms with Crippen molar-refractivity contribution in [1.29, 1.82) is 5.26 Å². The molecule has 1 saturated heterocycles. The number of hydrogen-bond donors (Lipinski definition) is 3. The SMILES string of the molecule is Cc1cc(C(=O)c2ccc(C#N)cc2)cc(C)c1O[C@H]1OC[C@@H](O)[C@@H](O)[C@H]1O. The molecule has 28 heavy (non-hydrogen) atoms. The summed E-state index contributed by atoms with van der Waals surface area (Å²) in [7, 11) is 0. The molecule has 4 atom stereocenters. The van der Waals surface area contributed by atoms with Gasteiger partial charge in [0, 0.05) is 11.1 Å². The number of benzene rings is 2. The molecular formula is C21H21NO6. The van der Waals surface area contributed by atoms with Crippen molar-refractivity contribution in [3.05, 3.63) is 64.2 Å². The van der Waals surface area contributed by atoms with E-state index in [1.807, 2.05) is 6.07 Å². The van der Waals surface area contributed by atoms with E-state index >= 15 is 0 Å². The number of aliphatic hydroxyl groups is 3. The number of ketones is 1. The predicted molar refractivity (Wildman–Crippen MR) is 98.9 cm³/mol. The fourth-order valence-electron chi connectivity index (χ4n) is 3.13. The molecule has 0 spiro atoms. The number of carbonyl (C=O) groups is 1. The van der Waals surface area contributed by atoms with Crippen LogP contribution in [0.1, 0.15) is 32.6 Å². The lowest BCUT2D eigenvalue weighted by atomic mass is 9.98. The smallest absolute Gasteiger partial charge is 0.228 e. The minimum absolute atomic E-state index is 0.156. The van der Waals surface area contributed by atoms with Crippen LogP contribution in [0.15, 0.2) is 36.4 Å². The molecule has 2 aromatic carbocycles. The molecule has 0 amide bonds. The van der Waals surface area contributed by atoms with Gasteiger partial charge in [0.15, 0.2) is 5.78 Å². The van der Waals surface area contributed by atoms with E-state index in [0.29, 0.717) is 33.6 Å². The van der Waals surface area contributed by atoms with Crippen LogP contribution >= 0.6 is 0 Å². The minimum Gasteiger partial charge on any atom is -0.461 e.